The molecular weight excluding hydrogens is 234 g/mol. The van der Waals surface area contributed by atoms with Gasteiger partial charge < -0.3 is 4.57 Å². The van der Waals surface area contributed by atoms with Crippen LogP contribution in [-0.4, -0.2) is 10.9 Å². The molecule has 0 aliphatic rings. The maximum absolute atomic E-state index is 11.3. The van der Waals surface area contributed by atoms with Crippen molar-refractivity contribution < 1.29 is 4.79 Å². The molecule has 0 amide bonds. The number of carbonyl (C=O) groups is 1. The van der Waals surface area contributed by atoms with Crippen LogP contribution < -0.4 is 0 Å². The number of rotatable bonds is 3. The van der Waals surface area contributed by atoms with Crippen molar-refractivity contribution in [3.8, 4) is 0 Å². The zero-order valence-corrected chi connectivity index (χ0v) is 10.8. The topological polar surface area (TPSA) is 22.0 Å². The van der Waals surface area contributed by atoms with Crippen molar-refractivity contribution in [1.82, 2.24) is 4.57 Å². The van der Waals surface area contributed by atoms with E-state index in [4.69, 9.17) is 0 Å². The molecule has 0 fully saturated rings. The van der Waals surface area contributed by atoms with Crippen LogP contribution in [0.3, 0.4) is 0 Å². The van der Waals surface area contributed by atoms with E-state index in [1.165, 1.54) is 11.1 Å². The lowest BCUT2D eigenvalue weighted by atomic mass is 10.2. The van der Waals surface area contributed by atoms with Gasteiger partial charge in [-0.15, -0.1) is 0 Å². The van der Waals surface area contributed by atoms with Gasteiger partial charge in [0.05, 0.1) is 5.69 Å². The van der Waals surface area contributed by atoms with Crippen LogP contribution in [0.15, 0.2) is 54.6 Å². The van der Waals surface area contributed by atoms with Gasteiger partial charge in [-0.05, 0) is 30.7 Å². The van der Waals surface area contributed by atoms with E-state index < -0.39 is 0 Å². The summed E-state index contributed by atoms with van der Waals surface area (Å²) >= 11 is 0. The lowest BCUT2D eigenvalue weighted by molar-refractivity contribution is 0.111. The fraction of sp³-hybridized carbons (Fsp3) is 0.118. The molecule has 0 bridgehead atoms. The van der Waals surface area contributed by atoms with Gasteiger partial charge in [0.2, 0.25) is 0 Å². The number of aromatic nitrogens is 1. The maximum atomic E-state index is 11.3. The molecule has 0 spiro atoms. The Balaban J connectivity index is 2.13. The Morgan fingerprint density at radius 1 is 1.05 bits per heavy atom. The van der Waals surface area contributed by atoms with Gasteiger partial charge in [0, 0.05) is 17.4 Å². The first-order valence-electron chi connectivity index (χ1n) is 6.37. The quantitative estimate of drug-likeness (QED) is 0.647. The van der Waals surface area contributed by atoms with Crippen molar-refractivity contribution in [2.45, 2.75) is 13.5 Å². The molecule has 2 heteroatoms. The summed E-state index contributed by atoms with van der Waals surface area (Å²) in [6, 6.07) is 18.4. The van der Waals surface area contributed by atoms with E-state index in [-0.39, 0.29) is 0 Å². The second kappa shape index (κ2) is 4.73. The third-order valence-corrected chi connectivity index (χ3v) is 3.39. The van der Waals surface area contributed by atoms with E-state index in [0.717, 1.165) is 29.4 Å². The van der Waals surface area contributed by atoms with Crippen LogP contribution in [0.4, 0.5) is 0 Å². The molecule has 1 heterocycles. The van der Waals surface area contributed by atoms with E-state index in [0.29, 0.717) is 0 Å². The van der Waals surface area contributed by atoms with Gasteiger partial charge in [-0.2, -0.15) is 0 Å². The highest BCUT2D eigenvalue weighted by Crippen LogP contribution is 2.21. The first-order valence-corrected chi connectivity index (χ1v) is 6.37. The first-order chi connectivity index (χ1) is 9.28. The van der Waals surface area contributed by atoms with Gasteiger partial charge in [-0.25, -0.2) is 0 Å². The Bertz CT molecular complexity index is 726. The average Bonchev–Trinajstić information content (AvgIpc) is 2.77. The van der Waals surface area contributed by atoms with E-state index in [9.17, 15) is 4.79 Å². The Hall–Kier alpha value is -2.35. The number of aryl methyl sites for hydroxylation is 1. The van der Waals surface area contributed by atoms with Gasteiger partial charge in [-0.1, -0.05) is 42.0 Å². The summed E-state index contributed by atoms with van der Waals surface area (Å²) in [4.78, 5) is 11.3. The number of fused-ring (bicyclic) bond motifs is 1. The molecule has 94 valence electrons. The van der Waals surface area contributed by atoms with Crippen LogP contribution in [0, 0.1) is 6.92 Å². The third-order valence-electron chi connectivity index (χ3n) is 3.39. The minimum absolute atomic E-state index is 0.724. The fourth-order valence-corrected chi connectivity index (χ4v) is 2.45. The Morgan fingerprint density at radius 2 is 1.84 bits per heavy atom. The molecule has 19 heavy (non-hydrogen) atoms. The largest absolute Gasteiger partial charge is 0.334 e. The minimum atomic E-state index is 0.724. The molecule has 0 unspecified atom stereocenters. The van der Waals surface area contributed by atoms with Crippen molar-refractivity contribution >= 4 is 17.2 Å². The summed E-state index contributed by atoms with van der Waals surface area (Å²) in [6.45, 7) is 2.79. The SMILES string of the molecule is Cc1ccc2c(c1)cc(C=O)n2Cc1ccccc1. The van der Waals surface area contributed by atoms with E-state index in [1.807, 2.05) is 24.3 Å². The third kappa shape index (κ3) is 2.17. The van der Waals surface area contributed by atoms with E-state index in [2.05, 4.69) is 41.8 Å². The second-order valence-corrected chi connectivity index (χ2v) is 4.82. The predicted octanol–water partition coefficient (Wildman–Crippen LogP) is 3.81. The Labute approximate surface area is 112 Å². The Morgan fingerprint density at radius 3 is 2.58 bits per heavy atom. The van der Waals surface area contributed by atoms with Crippen LogP contribution in [-0.2, 0) is 6.54 Å². The van der Waals surface area contributed by atoms with Gasteiger partial charge in [-0.3, -0.25) is 4.79 Å². The maximum Gasteiger partial charge on any atom is 0.166 e. The van der Waals surface area contributed by atoms with Crippen molar-refractivity contribution in [2.75, 3.05) is 0 Å². The number of nitrogens with zero attached hydrogens (tertiary/aromatic N) is 1. The molecule has 0 saturated carbocycles. The summed E-state index contributed by atoms with van der Waals surface area (Å²) in [5.74, 6) is 0. The molecule has 2 nitrogen and oxygen atoms in total. The molecule has 0 aliphatic carbocycles. The monoisotopic (exact) mass is 249 g/mol. The lowest BCUT2D eigenvalue weighted by Gasteiger charge is -2.08. The zero-order valence-electron chi connectivity index (χ0n) is 10.8. The number of aldehydes is 1. The lowest BCUT2D eigenvalue weighted by Crippen LogP contribution is -2.03. The van der Waals surface area contributed by atoms with Gasteiger partial charge in [0.1, 0.15) is 0 Å². The van der Waals surface area contributed by atoms with E-state index in [1.54, 1.807) is 0 Å². The first kappa shape index (κ1) is 11.7. The molecule has 0 aliphatic heterocycles. The highest BCUT2D eigenvalue weighted by molar-refractivity contribution is 5.89. The molecule has 3 rings (SSSR count). The van der Waals surface area contributed by atoms with Gasteiger partial charge in [0.15, 0.2) is 6.29 Å². The van der Waals surface area contributed by atoms with Gasteiger partial charge in [0.25, 0.3) is 0 Å². The summed E-state index contributed by atoms with van der Waals surface area (Å²) in [7, 11) is 0. The minimum Gasteiger partial charge on any atom is -0.334 e. The van der Waals surface area contributed by atoms with Crippen molar-refractivity contribution in [3.63, 3.8) is 0 Å². The van der Waals surface area contributed by atoms with Crippen LogP contribution in [0.1, 0.15) is 21.6 Å². The average molecular weight is 249 g/mol. The smallest absolute Gasteiger partial charge is 0.166 e. The molecule has 0 radical (unpaired) electrons. The predicted molar refractivity (Wildman–Crippen MR) is 77.6 cm³/mol. The van der Waals surface area contributed by atoms with Crippen molar-refractivity contribution in [2.24, 2.45) is 0 Å². The van der Waals surface area contributed by atoms with Crippen molar-refractivity contribution in [1.29, 1.82) is 0 Å². The zero-order chi connectivity index (χ0) is 13.2. The normalized spacial score (nSPS) is 10.8. The molecular formula is C17H15NO. The molecule has 1 aromatic heterocycles. The molecule has 0 N–H and O–H groups in total. The van der Waals surface area contributed by atoms with Crippen molar-refractivity contribution in [3.05, 3.63) is 71.4 Å². The number of hydrogen-bond acceptors (Lipinski definition) is 1. The van der Waals surface area contributed by atoms with E-state index >= 15 is 0 Å². The second-order valence-electron chi connectivity index (χ2n) is 4.82. The summed E-state index contributed by atoms with van der Waals surface area (Å²) < 4.78 is 2.07. The van der Waals surface area contributed by atoms with Crippen LogP contribution >= 0.6 is 0 Å². The Kier molecular flexibility index (Phi) is 2.92. The molecule has 0 saturated heterocycles. The van der Waals surface area contributed by atoms with Crippen LogP contribution in [0.2, 0.25) is 0 Å². The fourth-order valence-electron chi connectivity index (χ4n) is 2.45. The summed E-state index contributed by atoms with van der Waals surface area (Å²) in [6.07, 6.45) is 0.929. The highest BCUT2D eigenvalue weighted by Gasteiger charge is 2.08. The molecule has 3 aromatic rings. The van der Waals surface area contributed by atoms with Crippen LogP contribution in [0.25, 0.3) is 10.9 Å². The molecule has 2 aromatic carbocycles. The number of carbonyl (C=O) groups excluding carboxylic acids is 1. The number of hydrogen-bond donors (Lipinski definition) is 0. The summed E-state index contributed by atoms with van der Waals surface area (Å²) in [5, 5.41) is 1.12. The highest BCUT2D eigenvalue weighted by atomic mass is 16.1. The van der Waals surface area contributed by atoms with Crippen LogP contribution in [0.5, 0.6) is 0 Å². The standard InChI is InChI=1S/C17H15NO/c1-13-7-8-17-15(9-13)10-16(12-19)18(17)11-14-5-3-2-4-6-14/h2-10,12H,11H2,1H3. The number of benzene rings is 2. The molecule has 0 atom stereocenters. The van der Waals surface area contributed by atoms with Gasteiger partial charge >= 0.3 is 0 Å². The summed E-state index contributed by atoms with van der Waals surface area (Å²) in [5.41, 5.74) is 4.24.